The second kappa shape index (κ2) is 19.1. The second-order valence-corrected chi connectivity index (χ2v) is 13.3. The van der Waals surface area contributed by atoms with Gasteiger partial charge in [-0.05, 0) is 87.8 Å². The number of piperidine rings is 2. The maximum atomic E-state index is 12.4. The maximum absolute atomic E-state index is 12.4. The van der Waals surface area contributed by atoms with Gasteiger partial charge in [0.1, 0.15) is 18.1 Å². The van der Waals surface area contributed by atoms with Crippen LogP contribution in [0.1, 0.15) is 87.5 Å². The van der Waals surface area contributed by atoms with Gasteiger partial charge in [-0.1, -0.05) is 43.8 Å². The number of carbonyl (C=O) groups excluding carboxylic acids is 2. The van der Waals surface area contributed by atoms with E-state index in [-0.39, 0.29) is 25.8 Å². The molecule has 2 aliphatic heterocycles. The molecule has 0 bridgehead atoms. The lowest BCUT2D eigenvalue weighted by atomic mass is 10.1. The maximum Gasteiger partial charge on any atom is 0.254 e. The van der Waals surface area contributed by atoms with Gasteiger partial charge in [-0.2, -0.15) is 0 Å². The number of aromatic hydroxyl groups is 1. The zero-order chi connectivity index (χ0) is 32.0. The van der Waals surface area contributed by atoms with Crippen molar-refractivity contribution < 1.29 is 24.5 Å². The third-order valence-corrected chi connectivity index (χ3v) is 9.65. The molecule has 9 heteroatoms. The van der Waals surface area contributed by atoms with Crippen LogP contribution in [0.3, 0.4) is 0 Å². The topological polar surface area (TPSA) is 90.3 Å². The summed E-state index contributed by atoms with van der Waals surface area (Å²) >= 11 is 3.04. The van der Waals surface area contributed by atoms with Crippen molar-refractivity contribution in [3.63, 3.8) is 0 Å². The van der Waals surface area contributed by atoms with Crippen molar-refractivity contribution in [1.29, 1.82) is 0 Å². The van der Waals surface area contributed by atoms with Crippen molar-refractivity contribution in [2.75, 3.05) is 26.2 Å². The molecule has 248 valence electrons. The van der Waals surface area contributed by atoms with E-state index in [1.807, 2.05) is 82.9 Å². The molecule has 0 atom stereocenters. The average molecular weight is 665 g/mol. The third kappa shape index (κ3) is 11.0. The summed E-state index contributed by atoms with van der Waals surface area (Å²) in [7, 11) is 0. The minimum absolute atomic E-state index is 0. The number of aliphatic hydroxyl groups excluding tert-OH is 1. The van der Waals surface area contributed by atoms with E-state index >= 15 is 0 Å². The predicted molar refractivity (Wildman–Crippen MR) is 189 cm³/mol. The van der Waals surface area contributed by atoms with Crippen LogP contribution in [-0.4, -0.2) is 58.0 Å². The minimum atomic E-state index is 0. The van der Waals surface area contributed by atoms with Crippen LogP contribution in [0.15, 0.2) is 71.4 Å². The normalized spacial score (nSPS) is 14.2. The van der Waals surface area contributed by atoms with Crippen molar-refractivity contribution in [3.05, 3.63) is 103 Å². The molecule has 2 fully saturated rings. The molecule has 0 aliphatic carbocycles. The first-order valence-corrected chi connectivity index (χ1v) is 17.4. The van der Waals surface area contributed by atoms with Gasteiger partial charge in [-0.15, -0.1) is 22.7 Å². The highest BCUT2D eigenvalue weighted by Gasteiger charge is 2.20. The summed E-state index contributed by atoms with van der Waals surface area (Å²) in [6.45, 7) is 7.99. The smallest absolute Gasteiger partial charge is 0.254 e. The Bertz CT molecular complexity index is 1480. The highest BCUT2D eigenvalue weighted by molar-refractivity contribution is 7.10. The van der Waals surface area contributed by atoms with Gasteiger partial charge in [0.2, 0.25) is 0 Å². The Hall–Kier alpha value is -3.66. The van der Waals surface area contributed by atoms with E-state index in [0.717, 1.165) is 89.6 Å². The average Bonchev–Trinajstić information content (AvgIpc) is 3.77. The lowest BCUT2D eigenvalue weighted by molar-refractivity contribution is 0.0717. The first-order valence-electron chi connectivity index (χ1n) is 15.6. The van der Waals surface area contributed by atoms with Crippen molar-refractivity contribution >= 4 is 34.5 Å². The number of nitrogens with zero attached hydrogens (tertiary/aromatic N) is 2. The van der Waals surface area contributed by atoms with Crippen LogP contribution in [0, 0.1) is 13.8 Å². The number of hydrogen-bond donors (Lipinski definition) is 2. The summed E-state index contributed by atoms with van der Waals surface area (Å²) in [5.74, 6) is 1.55. The van der Waals surface area contributed by atoms with Gasteiger partial charge < -0.3 is 24.7 Å². The summed E-state index contributed by atoms with van der Waals surface area (Å²) in [6, 6.07) is 19.0. The molecule has 0 spiro atoms. The van der Waals surface area contributed by atoms with Crippen molar-refractivity contribution in [3.8, 4) is 11.5 Å². The monoisotopic (exact) mass is 664 g/mol. The molecule has 0 unspecified atom stereocenters. The third-order valence-electron chi connectivity index (χ3n) is 7.82. The Morgan fingerprint density at radius 1 is 0.717 bits per heavy atom. The number of hydrogen-bond acceptors (Lipinski definition) is 7. The largest absolute Gasteiger partial charge is 0.508 e. The van der Waals surface area contributed by atoms with E-state index in [1.165, 1.54) is 24.2 Å². The number of benzene rings is 2. The van der Waals surface area contributed by atoms with Gasteiger partial charge in [0.15, 0.2) is 0 Å². The molecule has 0 radical (unpaired) electrons. The molecule has 2 aromatic carbocycles. The molecule has 6 rings (SSSR count). The number of aryl methyl sites for hydroxylation is 2. The van der Waals surface area contributed by atoms with Gasteiger partial charge in [-0.3, -0.25) is 9.59 Å². The number of phenolic OH excluding ortho intramolecular Hbond substituents is 1. The lowest BCUT2D eigenvalue weighted by Gasteiger charge is -2.26. The Balaban J connectivity index is 0.000000207. The molecule has 7 nitrogen and oxygen atoms in total. The molecule has 4 heterocycles. The van der Waals surface area contributed by atoms with Gasteiger partial charge in [0, 0.05) is 46.7 Å². The fraction of sp³-hybridized carbons (Fsp3) is 0.405. The molecule has 2 amide bonds. The molecule has 2 saturated heterocycles. The summed E-state index contributed by atoms with van der Waals surface area (Å²) in [5, 5.41) is 21.6. The highest BCUT2D eigenvalue weighted by atomic mass is 32.1. The van der Waals surface area contributed by atoms with Gasteiger partial charge in [0.05, 0.1) is 17.7 Å². The number of likely N-dealkylation sites (tertiary alicyclic amines) is 2. The Morgan fingerprint density at radius 3 is 1.65 bits per heavy atom. The molecule has 0 saturated carbocycles. The van der Waals surface area contributed by atoms with E-state index in [4.69, 9.17) is 14.9 Å². The fourth-order valence-electron chi connectivity index (χ4n) is 5.13. The summed E-state index contributed by atoms with van der Waals surface area (Å²) in [5.41, 5.74) is 3.58. The quantitative estimate of drug-likeness (QED) is 0.216. The standard InChI is InChI=1S/C18H21NO2S.C11H15NO2S.C7H8O.CH4/c1-14-7-3-4-8-17(14)21-12-16-11-15(13-22-16)18(20)19-9-5-2-6-10-19;13-7-10-6-9(8-15-10)11(14)12-4-2-1-3-5-12;1-6-4-2-3-5-7(6)8;/h3-4,7-8,11,13H,2,5-6,9-10,12H2,1H3;6,8,13H,1-5,7H2;2-5,8H,1H3;1H4. The number of rotatable bonds is 6. The van der Waals surface area contributed by atoms with Gasteiger partial charge in [0.25, 0.3) is 11.8 Å². The number of thiophene rings is 2. The van der Waals surface area contributed by atoms with Gasteiger partial charge in [-0.25, -0.2) is 0 Å². The zero-order valence-corrected chi connectivity index (χ0v) is 27.9. The Kier molecular flexibility index (Phi) is 15.3. The highest BCUT2D eigenvalue weighted by Crippen LogP contribution is 2.23. The first kappa shape index (κ1) is 36.8. The summed E-state index contributed by atoms with van der Waals surface area (Å²) in [4.78, 5) is 30.2. The molecular weight excluding hydrogens is 617 g/mol. The van der Waals surface area contributed by atoms with Gasteiger partial charge >= 0.3 is 0 Å². The zero-order valence-electron chi connectivity index (χ0n) is 26.2. The summed E-state index contributed by atoms with van der Waals surface area (Å²) in [6.07, 6.45) is 6.95. The van der Waals surface area contributed by atoms with E-state index < -0.39 is 0 Å². The minimum Gasteiger partial charge on any atom is -0.508 e. The number of carbonyl (C=O) groups is 2. The second-order valence-electron chi connectivity index (χ2n) is 11.3. The van der Waals surface area contributed by atoms with Crippen molar-refractivity contribution in [1.82, 2.24) is 9.80 Å². The van der Waals surface area contributed by atoms with E-state index in [1.54, 1.807) is 23.5 Å². The summed E-state index contributed by atoms with van der Waals surface area (Å²) < 4.78 is 5.85. The molecule has 2 aliphatic rings. The molecule has 2 N–H and O–H groups in total. The molecule has 46 heavy (non-hydrogen) atoms. The Labute approximate surface area is 282 Å². The predicted octanol–water partition coefficient (Wildman–Crippen LogP) is 8.46. The fourth-order valence-corrected chi connectivity index (χ4v) is 6.62. The molecule has 4 aromatic rings. The Morgan fingerprint density at radius 2 is 1.20 bits per heavy atom. The van der Waals surface area contributed by atoms with E-state index in [0.29, 0.717) is 12.4 Å². The van der Waals surface area contributed by atoms with Crippen LogP contribution in [0.25, 0.3) is 0 Å². The van der Waals surface area contributed by atoms with Crippen LogP contribution in [0.2, 0.25) is 0 Å². The molecular formula is C37H48N2O5S2. The molecule has 2 aromatic heterocycles. The van der Waals surface area contributed by atoms with Crippen LogP contribution in [-0.2, 0) is 13.2 Å². The number of para-hydroxylation sites is 2. The SMILES string of the molecule is C.Cc1ccccc1O.Cc1ccccc1OCc1cc(C(=O)N2CCCCC2)cs1.O=C(c1csc(CO)c1)N1CCCCC1. The first-order chi connectivity index (χ1) is 21.9. The van der Waals surface area contributed by atoms with Crippen LogP contribution in [0.4, 0.5) is 0 Å². The lowest BCUT2D eigenvalue weighted by Crippen LogP contribution is -2.35. The van der Waals surface area contributed by atoms with Crippen LogP contribution in [0.5, 0.6) is 11.5 Å². The number of amides is 2. The number of phenols is 1. The van der Waals surface area contributed by atoms with Crippen LogP contribution < -0.4 is 4.74 Å². The number of aliphatic hydroxyl groups is 1. The van der Waals surface area contributed by atoms with Crippen molar-refractivity contribution in [2.24, 2.45) is 0 Å². The van der Waals surface area contributed by atoms with Crippen LogP contribution >= 0.6 is 22.7 Å². The van der Waals surface area contributed by atoms with E-state index in [2.05, 4.69) is 0 Å². The number of ether oxygens (including phenoxy) is 1. The van der Waals surface area contributed by atoms with E-state index in [9.17, 15) is 9.59 Å². The van der Waals surface area contributed by atoms with Crippen molar-refractivity contribution in [2.45, 2.75) is 73.0 Å².